The molecule has 0 saturated carbocycles. The molecule has 6 nitrogen and oxygen atoms in total. The summed E-state index contributed by atoms with van der Waals surface area (Å²) in [5.74, 6) is -0.113. The molecule has 0 aliphatic heterocycles. The van der Waals surface area contributed by atoms with Crippen molar-refractivity contribution in [2.75, 3.05) is 6.61 Å². The van der Waals surface area contributed by atoms with Gasteiger partial charge in [-0.15, -0.1) is 0 Å². The molecule has 1 rings (SSSR count). The summed E-state index contributed by atoms with van der Waals surface area (Å²) in [7, 11) is 0.935. The number of halogens is 2. The van der Waals surface area contributed by atoms with Crippen molar-refractivity contribution >= 4 is 37.0 Å². The molecule has 0 fully saturated rings. The Kier molecular flexibility index (Phi) is 4.18. The molecule has 1 aromatic rings. The molecule has 0 unspecified atom stereocenters. The van der Waals surface area contributed by atoms with E-state index in [-0.39, 0.29) is 12.4 Å². The van der Waals surface area contributed by atoms with Crippen molar-refractivity contribution in [1.82, 2.24) is 0 Å². The summed E-state index contributed by atoms with van der Waals surface area (Å²) in [5, 5.41) is 10.1. The lowest BCUT2D eigenvalue weighted by Crippen LogP contribution is -2.02. The highest BCUT2D eigenvalue weighted by Gasteiger charge is 2.28. The van der Waals surface area contributed by atoms with Crippen LogP contribution in [-0.2, 0) is 9.05 Å². The number of rotatable bonds is 4. The molecule has 0 heterocycles. The molecule has 0 spiro atoms. The first-order valence-corrected chi connectivity index (χ1v) is 7.02. The van der Waals surface area contributed by atoms with Gasteiger partial charge in [-0.1, -0.05) is 11.6 Å². The van der Waals surface area contributed by atoms with E-state index in [9.17, 15) is 18.5 Å². The molecule has 0 bridgehead atoms. The summed E-state index contributed by atoms with van der Waals surface area (Å²) in [6.07, 6.45) is 0. The number of ether oxygens (including phenoxy) is 1. The third-order valence-electron chi connectivity index (χ3n) is 1.78. The van der Waals surface area contributed by atoms with Crippen molar-refractivity contribution in [3.63, 3.8) is 0 Å². The van der Waals surface area contributed by atoms with Crippen LogP contribution < -0.4 is 4.74 Å². The minimum atomic E-state index is -4.23. The fourth-order valence-corrected chi connectivity index (χ4v) is 2.96. The van der Waals surface area contributed by atoms with Crippen LogP contribution in [-0.4, -0.2) is 19.9 Å². The minimum absolute atomic E-state index is 0.113. The van der Waals surface area contributed by atoms with Crippen LogP contribution in [0.25, 0.3) is 0 Å². The van der Waals surface area contributed by atoms with Crippen LogP contribution in [0.15, 0.2) is 17.0 Å². The maximum atomic E-state index is 11.3. The summed E-state index contributed by atoms with van der Waals surface area (Å²) in [4.78, 5) is 9.22. The van der Waals surface area contributed by atoms with E-state index in [1.165, 1.54) is 0 Å². The second-order valence-electron chi connectivity index (χ2n) is 2.85. The van der Waals surface area contributed by atoms with Gasteiger partial charge in [-0.2, -0.15) is 0 Å². The van der Waals surface area contributed by atoms with E-state index in [1.54, 1.807) is 6.92 Å². The topological polar surface area (TPSA) is 86.5 Å². The van der Waals surface area contributed by atoms with Crippen molar-refractivity contribution in [1.29, 1.82) is 0 Å². The Balaban J connectivity index is 3.59. The van der Waals surface area contributed by atoms with E-state index in [0.717, 1.165) is 12.1 Å². The number of hydrogen-bond acceptors (Lipinski definition) is 5. The molecule has 0 N–H and O–H groups in total. The second-order valence-corrected chi connectivity index (χ2v) is 5.73. The summed E-state index contributed by atoms with van der Waals surface area (Å²) >= 11 is 5.64. The molecule has 0 saturated heterocycles. The average molecular weight is 300 g/mol. The number of nitrogens with zero attached hydrogens (tertiary/aromatic N) is 1. The maximum Gasteiger partial charge on any atom is 0.289 e. The first-order valence-electron chi connectivity index (χ1n) is 4.33. The predicted molar refractivity (Wildman–Crippen MR) is 62.3 cm³/mol. The molecule has 94 valence electrons. The predicted octanol–water partition coefficient (Wildman–Crippen LogP) is 2.57. The van der Waals surface area contributed by atoms with Gasteiger partial charge >= 0.3 is 0 Å². The number of nitro groups is 1. The highest BCUT2D eigenvalue weighted by Crippen LogP contribution is 2.39. The van der Waals surface area contributed by atoms with Crippen molar-refractivity contribution in [2.45, 2.75) is 11.8 Å². The Bertz CT molecular complexity index is 557. The lowest BCUT2D eigenvalue weighted by Gasteiger charge is -2.09. The molecular formula is C8H7Cl2NO5S. The van der Waals surface area contributed by atoms with Crippen LogP contribution in [0.5, 0.6) is 5.75 Å². The quantitative estimate of drug-likeness (QED) is 0.484. The van der Waals surface area contributed by atoms with Gasteiger partial charge in [0.05, 0.1) is 11.5 Å². The molecular weight excluding hydrogens is 293 g/mol. The van der Waals surface area contributed by atoms with Crippen LogP contribution in [0.4, 0.5) is 5.69 Å². The van der Waals surface area contributed by atoms with Crippen LogP contribution in [0.1, 0.15) is 6.92 Å². The van der Waals surface area contributed by atoms with Gasteiger partial charge in [0.25, 0.3) is 14.7 Å². The van der Waals surface area contributed by atoms with Crippen molar-refractivity contribution in [3.05, 3.63) is 27.3 Å². The zero-order chi connectivity index (χ0) is 13.2. The smallest absolute Gasteiger partial charge is 0.289 e. The largest absolute Gasteiger partial charge is 0.492 e. The fourth-order valence-electron chi connectivity index (χ4n) is 1.17. The van der Waals surface area contributed by atoms with E-state index in [4.69, 9.17) is 27.0 Å². The lowest BCUT2D eigenvalue weighted by molar-refractivity contribution is -0.384. The second kappa shape index (κ2) is 5.07. The van der Waals surface area contributed by atoms with Crippen LogP contribution in [0.2, 0.25) is 5.02 Å². The summed E-state index contributed by atoms with van der Waals surface area (Å²) in [6, 6.07) is 2.20. The Morgan fingerprint density at radius 1 is 1.47 bits per heavy atom. The molecule has 0 aromatic heterocycles. The third-order valence-corrected chi connectivity index (χ3v) is 3.63. The van der Waals surface area contributed by atoms with Gasteiger partial charge in [0, 0.05) is 16.7 Å². The van der Waals surface area contributed by atoms with Crippen LogP contribution >= 0.6 is 22.3 Å². The molecule has 0 aliphatic carbocycles. The summed E-state index contributed by atoms with van der Waals surface area (Å²) < 4.78 is 27.6. The van der Waals surface area contributed by atoms with Crippen molar-refractivity contribution < 1.29 is 18.1 Å². The Hall–Kier alpha value is -1.05. The Morgan fingerprint density at radius 2 is 2.06 bits per heavy atom. The van der Waals surface area contributed by atoms with Crippen LogP contribution in [0.3, 0.4) is 0 Å². The molecule has 17 heavy (non-hydrogen) atoms. The number of benzene rings is 1. The minimum Gasteiger partial charge on any atom is -0.492 e. The molecule has 0 radical (unpaired) electrons. The monoisotopic (exact) mass is 299 g/mol. The Morgan fingerprint density at radius 3 is 2.47 bits per heavy atom. The zero-order valence-corrected chi connectivity index (χ0v) is 10.8. The van der Waals surface area contributed by atoms with Crippen molar-refractivity contribution in [2.24, 2.45) is 0 Å². The van der Waals surface area contributed by atoms with E-state index in [1.807, 2.05) is 0 Å². The van der Waals surface area contributed by atoms with Gasteiger partial charge in [-0.05, 0) is 13.0 Å². The SMILES string of the molecule is CCOc1ccc([N+](=O)[O-])c(Cl)c1S(=O)(=O)Cl. The van der Waals surface area contributed by atoms with Crippen LogP contribution in [0, 0.1) is 10.1 Å². The van der Waals surface area contributed by atoms with E-state index < -0.39 is 29.6 Å². The normalized spacial score (nSPS) is 11.2. The average Bonchev–Trinajstić information content (AvgIpc) is 2.15. The van der Waals surface area contributed by atoms with E-state index in [0.29, 0.717) is 0 Å². The molecule has 0 amide bonds. The first-order chi connectivity index (χ1) is 7.79. The van der Waals surface area contributed by atoms with Crippen molar-refractivity contribution in [3.8, 4) is 5.75 Å². The fraction of sp³-hybridized carbons (Fsp3) is 0.250. The number of hydrogen-bond donors (Lipinski definition) is 0. The molecule has 0 aliphatic rings. The van der Waals surface area contributed by atoms with Gasteiger partial charge in [0.15, 0.2) is 0 Å². The highest BCUT2D eigenvalue weighted by atomic mass is 35.7. The Labute approximate surface area is 107 Å². The van der Waals surface area contributed by atoms with E-state index >= 15 is 0 Å². The van der Waals surface area contributed by atoms with Gasteiger partial charge in [0.1, 0.15) is 15.7 Å². The molecule has 1 aromatic carbocycles. The number of nitro benzene ring substituents is 1. The lowest BCUT2D eigenvalue weighted by atomic mass is 10.3. The van der Waals surface area contributed by atoms with Gasteiger partial charge < -0.3 is 4.74 Å². The summed E-state index contributed by atoms with van der Waals surface area (Å²) in [5.41, 5.74) is -0.547. The van der Waals surface area contributed by atoms with Gasteiger partial charge in [0.2, 0.25) is 0 Å². The van der Waals surface area contributed by atoms with Gasteiger partial charge in [-0.3, -0.25) is 10.1 Å². The summed E-state index contributed by atoms with van der Waals surface area (Å²) in [6.45, 7) is 1.80. The molecule has 9 heteroatoms. The highest BCUT2D eigenvalue weighted by molar-refractivity contribution is 8.14. The zero-order valence-electron chi connectivity index (χ0n) is 8.51. The molecule has 0 atom stereocenters. The first kappa shape index (κ1) is 14.0. The van der Waals surface area contributed by atoms with E-state index in [2.05, 4.69) is 0 Å². The van der Waals surface area contributed by atoms with Gasteiger partial charge in [-0.25, -0.2) is 8.42 Å². The third kappa shape index (κ3) is 2.99. The standard InChI is InChI=1S/C8H7Cl2NO5S/c1-2-16-6-4-3-5(11(12)13)7(9)8(6)17(10,14)15/h3-4H,2H2,1H3. The maximum absolute atomic E-state index is 11.3.